The third-order valence-corrected chi connectivity index (χ3v) is 3.13. The number of benzene rings is 1. The first kappa shape index (κ1) is 13.2. The normalized spacial score (nSPS) is 11.1. The summed E-state index contributed by atoms with van der Waals surface area (Å²) in [7, 11) is 0. The van der Waals surface area contributed by atoms with Crippen molar-refractivity contribution in [2.45, 2.75) is 6.92 Å². The van der Waals surface area contributed by atoms with Crippen molar-refractivity contribution in [1.82, 2.24) is 0 Å². The molecule has 3 nitrogen and oxygen atoms in total. The molecule has 0 radical (unpaired) electrons. The van der Waals surface area contributed by atoms with Gasteiger partial charge in [-0.05, 0) is 43.3 Å². The smallest absolute Gasteiger partial charge is 0.221 e. The lowest BCUT2D eigenvalue weighted by Crippen LogP contribution is -1.89. The zero-order valence-corrected chi connectivity index (χ0v) is 11.6. The molecule has 0 atom stereocenters. The second kappa shape index (κ2) is 5.67. The highest BCUT2D eigenvalue weighted by molar-refractivity contribution is 6.04. The van der Waals surface area contributed by atoms with Gasteiger partial charge in [0.15, 0.2) is 5.76 Å². The minimum Gasteiger partial charge on any atom is -0.461 e. The Bertz CT molecular complexity index is 759. The van der Waals surface area contributed by atoms with E-state index in [-0.39, 0.29) is 5.78 Å². The van der Waals surface area contributed by atoms with Gasteiger partial charge in [0, 0.05) is 5.56 Å². The van der Waals surface area contributed by atoms with Crippen molar-refractivity contribution in [2.75, 3.05) is 0 Å². The van der Waals surface area contributed by atoms with Gasteiger partial charge < -0.3 is 8.83 Å². The molecule has 0 aliphatic carbocycles. The van der Waals surface area contributed by atoms with E-state index in [4.69, 9.17) is 8.83 Å². The van der Waals surface area contributed by atoms with Crippen LogP contribution < -0.4 is 0 Å². The van der Waals surface area contributed by atoms with Crippen molar-refractivity contribution >= 4 is 11.9 Å². The molecule has 3 heteroatoms. The van der Waals surface area contributed by atoms with Crippen molar-refractivity contribution in [3.05, 3.63) is 78.0 Å². The number of rotatable bonds is 4. The van der Waals surface area contributed by atoms with Crippen molar-refractivity contribution in [1.29, 1.82) is 0 Å². The van der Waals surface area contributed by atoms with Gasteiger partial charge in [0.2, 0.25) is 5.78 Å². The van der Waals surface area contributed by atoms with Crippen LogP contribution in [0.15, 0.2) is 69.7 Å². The van der Waals surface area contributed by atoms with Crippen LogP contribution in [0, 0.1) is 6.92 Å². The monoisotopic (exact) mass is 278 g/mol. The van der Waals surface area contributed by atoms with Crippen molar-refractivity contribution in [3.8, 4) is 11.3 Å². The molecule has 0 unspecified atom stereocenters. The molecule has 1 aromatic carbocycles. The van der Waals surface area contributed by atoms with E-state index in [0.29, 0.717) is 11.5 Å². The third kappa shape index (κ3) is 3.03. The number of allylic oxidation sites excluding steroid dienone is 1. The second-order valence-electron chi connectivity index (χ2n) is 4.74. The van der Waals surface area contributed by atoms with E-state index >= 15 is 0 Å². The number of carbonyl (C=O) groups excluding carboxylic acids is 1. The molecular formula is C18H14O3. The first-order valence-corrected chi connectivity index (χ1v) is 6.65. The number of furan rings is 2. The highest BCUT2D eigenvalue weighted by atomic mass is 16.3. The molecule has 0 spiro atoms. The lowest BCUT2D eigenvalue weighted by atomic mass is 10.1. The summed E-state index contributed by atoms with van der Waals surface area (Å²) in [4.78, 5) is 11.8. The highest BCUT2D eigenvalue weighted by Gasteiger charge is 2.06. The van der Waals surface area contributed by atoms with Gasteiger partial charge >= 0.3 is 0 Å². The van der Waals surface area contributed by atoms with Gasteiger partial charge in [-0.1, -0.05) is 29.8 Å². The third-order valence-electron chi connectivity index (χ3n) is 3.13. The molecular weight excluding hydrogens is 264 g/mol. The van der Waals surface area contributed by atoms with E-state index < -0.39 is 0 Å². The quantitative estimate of drug-likeness (QED) is 0.511. The van der Waals surface area contributed by atoms with Crippen LogP contribution in [0.5, 0.6) is 0 Å². The summed E-state index contributed by atoms with van der Waals surface area (Å²) in [6.45, 7) is 2.04. The summed E-state index contributed by atoms with van der Waals surface area (Å²) in [5.41, 5.74) is 2.21. The van der Waals surface area contributed by atoms with Gasteiger partial charge in [0.25, 0.3) is 0 Å². The fraction of sp³-hybridized carbons (Fsp3) is 0.0556. The number of aryl methyl sites for hydroxylation is 1. The van der Waals surface area contributed by atoms with Crippen LogP contribution in [-0.4, -0.2) is 5.78 Å². The number of hydrogen-bond donors (Lipinski definition) is 0. The first-order chi connectivity index (χ1) is 10.2. The molecule has 2 heterocycles. The van der Waals surface area contributed by atoms with Gasteiger partial charge in [0.05, 0.1) is 6.26 Å². The fourth-order valence-electron chi connectivity index (χ4n) is 1.97. The Labute approximate surface area is 122 Å². The van der Waals surface area contributed by atoms with Crippen LogP contribution in [0.1, 0.15) is 21.9 Å². The minimum atomic E-state index is -0.187. The predicted molar refractivity (Wildman–Crippen MR) is 81.0 cm³/mol. The number of carbonyl (C=O) groups is 1. The average molecular weight is 278 g/mol. The Morgan fingerprint density at radius 1 is 1.05 bits per heavy atom. The average Bonchev–Trinajstić information content (AvgIpc) is 3.17. The second-order valence-corrected chi connectivity index (χ2v) is 4.74. The van der Waals surface area contributed by atoms with Gasteiger partial charge in [-0.2, -0.15) is 0 Å². The standard InChI is InChI=1S/C18H14O3/c1-13-4-6-14(7-5-13)17-11-9-15(21-17)8-10-16(19)18-3-2-12-20-18/h2-12H,1H3. The Balaban J connectivity index is 1.76. The maximum Gasteiger partial charge on any atom is 0.221 e. The van der Waals surface area contributed by atoms with Crippen LogP contribution in [-0.2, 0) is 0 Å². The summed E-state index contributed by atoms with van der Waals surface area (Å²) in [5, 5.41) is 0. The summed E-state index contributed by atoms with van der Waals surface area (Å²) in [6, 6.07) is 15.1. The first-order valence-electron chi connectivity index (χ1n) is 6.65. The molecule has 104 valence electrons. The van der Waals surface area contributed by atoms with Crippen LogP contribution in [0.2, 0.25) is 0 Å². The van der Waals surface area contributed by atoms with Gasteiger partial charge in [-0.25, -0.2) is 0 Å². The van der Waals surface area contributed by atoms with E-state index in [0.717, 1.165) is 11.3 Å². The molecule has 0 saturated carbocycles. The van der Waals surface area contributed by atoms with E-state index in [2.05, 4.69) is 0 Å². The van der Waals surface area contributed by atoms with Gasteiger partial charge in [-0.15, -0.1) is 0 Å². The number of hydrogen-bond acceptors (Lipinski definition) is 3. The molecule has 0 fully saturated rings. The molecule has 0 aliphatic rings. The Kier molecular flexibility index (Phi) is 3.56. The van der Waals surface area contributed by atoms with Crippen LogP contribution in [0.3, 0.4) is 0 Å². The van der Waals surface area contributed by atoms with Gasteiger partial charge in [0.1, 0.15) is 11.5 Å². The molecule has 3 aromatic rings. The minimum absolute atomic E-state index is 0.187. The molecule has 3 rings (SSSR count). The van der Waals surface area contributed by atoms with Crippen molar-refractivity contribution in [3.63, 3.8) is 0 Å². The summed E-state index contributed by atoms with van der Waals surface area (Å²) in [5.74, 6) is 1.54. The topological polar surface area (TPSA) is 43.4 Å². The lowest BCUT2D eigenvalue weighted by Gasteiger charge is -1.97. The molecule has 0 saturated heterocycles. The fourth-order valence-corrected chi connectivity index (χ4v) is 1.97. The Morgan fingerprint density at radius 2 is 1.86 bits per heavy atom. The van der Waals surface area contributed by atoms with Gasteiger partial charge in [-0.3, -0.25) is 4.79 Å². The molecule has 0 N–H and O–H groups in total. The Morgan fingerprint density at radius 3 is 2.57 bits per heavy atom. The largest absolute Gasteiger partial charge is 0.461 e. The van der Waals surface area contributed by atoms with Crippen LogP contribution in [0.25, 0.3) is 17.4 Å². The van der Waals surface area contributed by atoms with E-state index in [1.165, 1.54) is 17.9 Å². The van der Waals surface area contributed by atoms with Crippen LogP contribution in [0.4, 0.5) is 0 Å². The zero-order valence-electron chi connectivity index (χ0n) is 11.6. The van der Waals surface area contributed by atoms with E-state index in [1.54, 1.807) is 18.2 Å². The maximum atomic E-state index is 11.8. The molecule has 0 aliphatic heterocycles. The Hall–Kier alpha value is -2.81. The maximum absolute atomic E-state index is 11.8. The molecule has 21 heavy (non-hydrogen) atoms. The highest BCUT2D eigenvalue weighted by Crippen LogP contribution is 2.23. The number of ketones is 1. The summed E-state index contributed by atoms with van der Waals surface area (Å²) < 4.78 is 10.7. The predicted octanol–water partition coefficient (Wildman–Crippen LogP) is 4.74. The van der Waals surface area contributed by atoms with E-state index in [1.807, 2.05) is 43.3 Å². The van der Waals surface area contributed by atoms with Crippen molar-refractivity contribution in [2.24, 2.45) is 0 Å². The molecule has 0 bridgehead atoms. The molecule has 0 amide bonds. The van der Waals surface area contributed by atoms with E-state index in [9.17, 15) is 4.79 Å². The molecule has 2 aromatic heterocycles. The summed E-state index contributed by atoms with van der Waals surface area (Å²) >= 11 is 0. The SMILES string of the molecule is Cc1ccc(-c2ccc(C=CC(=O)c3ccco3)o2)cc1. The summed E-state index contributed by atoms with van der Waals surface area (Å²) in [6.07, 6.45) is 4.56. The van der Waals surface area contributed by atoms with Crippen molar-refractivity contribution < 1.29 is 13.6 Å². The lowest BCUT2D eigenvalue weighted by molar-refractivity contribution is 0.102. The van der Waals surface area contributed by atoms with Crippen LogP contribution >= 0.6 is 0 Å². The zero-order chi connectivity index (χ0) is 14.7.